The molecule has 21 heavy (non-hydrogen) atoms. The Labute approximate surface area is 127 Å². The molecule has 2 nitrogen and oxygen atoms in total. The predicted octanol–water partition coefficient (Wildman–Crippen LogP) is 4.48. The third-order valence-electron chi connectivity index (χ3n) is 5.19. The molecule has 1 aliphatic rings. The first-order chi connectivity index (χ1) is 9.83. The third kappa shape index (κ3) is 3.76. The fraction of sp³-hybridized carbons (Fsp3) is 0.667. The minimum Gasteiger partial charge on any atom is -0.487 e. The Morgan fingerprint density at radius 3 is 2.67 bits per heavy atom. The van der Waals surface area contributed by atoms with Crippen LogP contribution in [0.1, 0.15) is 52.0 Å². The Morgan fingerprint density at radius 1 is 1.33 bits per heavy atom. The molecule has 0 amide bonds. The highest BCUT2D eigenvalue weighted by molar-refractivity contribution is 5.32. The predicted molar refractivity (Wildman–Crippen MR) is 83.0 cm³/mol. The van der Waals surface area contributed by atoms with Crippen molar-refractivity contribution in [3.8, 4) is 5.75 Å². The summed E-state index contributed by atoms with van der Waals surface area (Å²) in [4.78, 5) is 0. The van der Waals surface area contributed by atoms with E-state index in [4.69, 9.17) is 4.74 Å². The van der Waals surface area contributed by atoms with Crippen molar-refractivity contribution in [2.24, 2.45) is 11.3 Å². The van der Waals surface area contributed by atoms with Crippen molar-refractivity contribution >= 4 is 0 Å². The van der Waals surface area contributed by atoms with Gasteiger partial charge in [-0.25, -0.2) is 4.39 Å². The molecular weight excluding hydrogens is 267 g/mol. The number of halogens is 1. The van der Waals surface area contributed by atoms with Gasteiger partial charge in [0.1, 0.15) is 17.7 Å². The average molecular weight is 294 g/mol. The van der Waals surface area contributed by atoms with Crippen LogP contribution in [0.5, 0.6) is 5.75 Å². The molecule has 118 valence electrons. The lowest BCUT2D eigenvalue weighted by Gasteiger charge is -2.41. The van der Waals surface area contributed by atoms with Gasteiger partial charge in [0.15, 0.2) is 0 Å². The van der Waals surface area contributed by atoms with E-state index < -0.39 is 6.10 Å². The van der Waals surface area contributed by atoms with Crippen LogP contribution in [-0.4, -0.2) is 17.3 Å². The summed E-state index contributed by atoms with van der Waals surface area (Å²) in [6, 6.07) is 4.54. The molecule has 0 aromatic heterocycles. The van der Waals surface area contributed by atoms with E-state index >= 15 is 0 Å². The summed E-state index contributed by atoms with van der Waals surface area (Å²) in [5, 5.41) is 10.2. The van der Waals surface area contributed by atoms with E-state index in [0.29, 0.717) is 11.7 Å². The number of hydrogen-bond acceptors (Lipinski definition) is 2. The van der Waals surface area contributed by atoms with Crippen LogP contribution in [0, 0.1) is 24.1 Å². The van der Waals surface area contributed by atoms with Gasteiger partial charge in [-0.2, -0.15) is 0 Å². The minimum absolute atomic E-state index is 0.196. The van der Waals surface area contributed by atoms with Gasteiger partial charge in [0.05, 0.1) is 6.10 Å². The molecule has 0 bridgehead atoms. The van der Waals surface area contributed by atoms with Crippen LogP contribution in [0.2, 0.25) is 0 Å². The van der Waals surface area contributed by atoms with Crippen molar-refractivity contribution < 1.29 is 14.2 Å². The van der Waals surface area contributed by atoms with E-state index in [1.807, 2.05) is 6.92 Å². The van der Waals surface area contributed by atoms with Gasteiger partial charge in [0.2, 0.25) is 0 Å². The number of hydrogen-bond donors (Lipinski definition) is 1. The maximum atomic E-state index is 13.2. The third-order valence-corrected chi connectivity index (χ3v) is 5.19. The first-order valence-electron chi connectivity index (χ1n) is 7.94. The molecule has 2 rings (SSSR count). The van der Waals surface area contributed by atoms with Gasteiger partial charge in [-0.15, -0.1) is 0 Å². The second kappa shape index (κ2) is 6.35. The van der Waals surface area contributed by atoms with E-state index in [9.17, 15) is 9.50 Å². The summed E-state index contributed by atoms with van der Waals surface area (Å²) in [5.74, 6) is 0.973. The van der Waals surface area contributed by atoms with Crippen LogP contribution in [0.25, 0.3) is 0 Å². The zero-order valence-corrected chi connectivity index (χ0v) is 13.5. The van der Waals surface area contributed by atoms with Gasteiger partial charge in [-0.05, 0) is 61.3 Å². The second-order valence-corrected chi connectivity index (χ2v) is 6.99. The fourth-order valence-corrected chi connectivity index (χ4v) is 3.15. The Morgan fingerprint density at radius 2 is 2.05 bits per heavy atom. The molecule has 1 saturated carbocycles. The number of rotatable bonds is 4. The van der Waals surface area contributed by atoms with Crippen molar-refractivity contribution in [1.29, 1.82) is 0 Å². The van der Waals surface area contributed by atoms with Crippen molar-refractivity contribution in [1.82, 2.24) is 0 Å². The lowest BCUT2D eigenvalue weighted by Crippen LogP contribution is -2.42. The molecule has 0 saturated heterocycles. The molecule has 1 aromatic rings. The molecule has 0 spiro atoms. The largest absolute Gasteiger partial charge is 0.487 e. The number of aliphatic hydroxyl groups excluding tert-OH is 1. The Bertz CT molecular complexity index is 484. The van der Waals surface area contributed by atoms with Crippen LogP contribution in [0.15, 0.2) is 18.2 Å². The molecule has 3 heteroatoms. The Kier molecular flexibility index (Phi) is 4.92. The van der Waals surface area contributed by atoms with Gasteiger partial charge in [-0.3, -0.25) is 0 Å². The van der Waals surface area contributed by atoms with E-state index in [-0.39, 0.29) is 17.3 Å². The zero-order chi connectivity index (χ0) is 15.6. The van der Waals surface area contributed by atoms with Crippen LogP contribution in [0.3, 0.4) is 0 Å². The summed E-state index contributed by atoms with van der Waals surface area (Å²) < 4.78 is 19.2. The van der Waals surface area contributed by atoms with Crippen molar-refractivity contribution in [2.45, 2.75) is 65.6 Å². The fourth-order valence-electron chi connectivity index (χ4n) is 3.15. The second-order valence-electron chi connectivity index (χ2n) is 6.99. The molecule has 0 aliphatic heterocycles. The van der Waals surface area contributed by atoms with E-state index in [0.717, 1.165) is 31.2 Å². The van der Waals surface area contributed by atoms with Gasteiger partial charge in [0, 0.05) is 0 Å². The lowest BCUT2D eigenvalue weighted by molar-refractivity contribution is -0.0336. The van der Waals surface area contributed by atoms with Gasteiger partial charge in [-0.1, -0.05) is 27.2 Å². The molecule has 1 N–H and O–H groups in total. The van der Waals surface area contributed by atoms with E-state index in [1.165, 1.54) is 12.1 Å². The highest BCUT2D eigenvalue weighted by Crippen LogP contribution is 2.41. The molecule has 0 heterocycles. The maximum absolute atomic E-state index is 13.2. The zero-order valence-electron chi connectivity index (χ0n) is 13.5. The molecule has 0 radical (unpaired) electrons. The Balaban J connectivity index is 2.10. The lowest BCUT2D eigenvalue weighted by atomic mass is 9.68. The topological polar surface area (TPSA) is 29.5 Å². The maximum Gasteiger partial charge on any atom is 0.125 e. The number of ether oxygens (including phenoxy) is 1. The number of aryl methyl sites for hydroxylation is 1. The minimum atomic E-state index is -0.432. The first-order valence-corrected chi connectivity index (χ1v) is 7.94. The highest BCUT2D eigenvalue weighted by atomic mass is 19.1. The van der Waals surface area contributed by atoms with Crippen LogP contribution in [-0.2, 0) is 0 Å². The van der Waals surface area contributed by atoms with Crippen molar-refractivity contribution in [2.75, 3.05) is 0 Å². The van der Waals surface area contributed by atoms with Crippen LogP contribution >= 0.6 is 0 Å². The van der Waals surface area contributed by atoms with Crippen molar-refractivity contribution in [3.63, 3.8) is 0 Å². The van der Waals surface area contributed by atoms with Crippen LogP contribution < -0.4 is 4.74 Å². The van der Waals surface area contributed by atoms with Crippen LogP contribution in [0.4, 0.5) is 4.39 Å². The van der Waals surface area contributed by atoms with Gasteiger partial charge in [0.25, 0.3) is 0 Å². The molecule has 1 aliphatic carbocycles. The molecule has 3 unspecified atom stereocenters. The monoisotopic (exact) mass is 294 g/mol. The normalized spacial score (nSPS) is 26.7. The Hall–Kier alpha value is -1.09. The molecule has 3 atom stereocenters. The molecular formula is C18H27FO2. The van der Waals surface area contributed by atoms with Gasteiger partial charge < -0.3 is 9.84 Å². The summed E-state index contributed by atoms with van der Waals surface area (Å²) in [6.45, 7) is 8.62. The molecule has 1 aromatic carbocycles. The van der Waals surface area contributed by atoms with Crippen molar-refractivity contribution in [3.05, 3.63) is 29.6 Å². The van der Waals surface area contributed by atoms with E-state index in [1.54, 1.807) is 6.07 Å². The SMILES string of the molecule is CCC(C)(C)C1CCC(O)C(Oc2ccc(F)cc2C)C1. The van der Waals surface area contributed by atoms with E-state index in [2.05, 4.69) is 20.8 Å². The summed E-state index contributed by atoms with van der Waals surface area (Å²) >= 11 is 0. The quantitative estimate of drug-likeness (QED) is 0.887. The average Bonchev–Trinajstić information content (AvgIpc) is 2.43. The highest BCUT2D eigenvalue weighted by Gasteiger charge is 2.37. The summed E-state index contributed by atoms with van der Waals surface area (Å²) in [5.41, 5.74) is 1.04. The number of aliphatic hydroxyl groups is 1. The standard InChI is InChI=1S/C18H27FO2/c1-5-18(3,4)13-6-8-15(20)17(11-13)21-16-9-7-14(19)10-12(16)2/h7,9-10,13,15,17,20H,5-6,8,11H2,1-4H3. The molecule has 1 fully saturated rings. The first kappa shape index (κ1) is 16.3. The smallest absolute Gasteiger partial charge is 0.125 e. The van der Waals surface area contributed by atoms with Gasteiger partial charge >= 0.3 is 0 Å². The summed E-state index contributed by atoms with van der Waals surface area (Å²) in [6.07, 6.45) is 3.18. The number of benzene rings is 1. The summed E-state index contributed by atoms with van der Waals surface area (Å²) in [7, 11) is 0.